The Kier molecular flexibility index (Phi) is 2.52. The van der Waals surface area contributed by atoms with Gasteiger partial charge in [0.05, 0.1) is 22.7 Å². The van der Waals surface area contributed by atoms with Crippen molar-refractivity contribution in [1.29, 1.82) is 5.26 Å². The highest BCUT2D eigenvalue weighted by molar-refractivity contribution is 6.09. The molecular weight excluding hydrogens is 256 g/mol. The Labute approximate surface area is 122 Å². The standard InChI is InChI=1S/C19H12N2/c20-13-14-9-11-15(12-10-14)21-18-7-3-1-5-16(18)17-6-2-4-8-19(17)21/h1-12H. The van der Waals surface area contributed by atoms with E-state index >= 15 is 0 Å². The van der Waals surface area contributed by atoms with Crippen molar-refractivity contribution in [2.24, 2.45) is 0 Å². The highest BCUT2D eigenvalue weighted by Crippen LogP contribution is 2.31. The second-order valence-corrected chi connectivity index (χ2v) is 5.03. The Morgan fingerprint density at radius 3 is 1.71 bits per heavy atom. The minimum Gasteiger partial charge on any atom is -0.309 e. The van der Waals surface area contributed by atoms with Crippen LogP contribution < -0.4 is 0 Å². The molecule has 0 aliphatic carbocycles. The van der Waals surface area contributed by atoms with Gasteiger partial charge < -0.3 is 4.57 Å². The predicted octanol–water partition coefficient (Wildman–Crippen LogP) is 4.66. The number of fused-ring (bicyclic) bond motifs is 3. The maximum absolute atomic E-state index is 8.95. The summed E-state index contributed by atoms with van der Waals surface area (Å²) in [7, 11) is 0. The summed E-state index contributed by atoms with van der Waals surface area (Å²) in [5.41, 5.74) is 4.12. The van der Waals surface area contributed by atoms with Crippen LogP contribution in [0.1, 0.15) is 5.56 Å². The zero-order valence-corrected chi connectivity index (χ0v) is 11.3. The average molecular weight is 268 g/mol. The van der Waals surface area contributed by atoms with Gasteiger partial charge in [0, 0.05) is 16.5 Å². The molecule has 0 atom stereocenters. The molecule has 1 heterocycles. The number of hydrogen-bond donors (Lipinski definition) is 0. The molecule has 1 aromatic heterocycles. The molecule has 0 spiro atoms. The van der Waals surface area contributed by atoms with Gasteiger partial charge in [0.15, 0.2) is 0 Å². The lowest BCUT2D eigenvalue weighted by Crippen LogP contribution is -1.93. The molecule has 2 heteroatoms. The quantitative estimate of drug-likeness (QED) is 0.493. The van der Waals surface area contributed by atoms with E-state index in [1.54, 1.807) is 0 Å². The van der Waals surface area contributed by atoms with Crippen molar-refractivity contribution in [1.82, 2.24) is 4.57 Å². The van der Waals surface area contributed by atoms with E-state index < -0.39 is 0 Å². The maximum atomic E-state index is 8.95. The Bertz CT molecular complexity index is 932. The topological polar surface area (TPSA) is 28.7 Å². The molecule has 98 valence electrons. The van der Waals surface area contributed by atoms with Crippen LogP contribution in [0.4, 0.5) is 0 Å². The molecule has 0 bridgehead atoms. The minimum absolute atomic E-state index is 0.680. The maximum Gasteiger partial charge on any atom is 0.0991 e. The summed E-state index contributed by atoms with van der Waals surface area (Å²) in [6, 6.07) is 26.7. The van der Waals surface area contributed by atoms with Crippen LogP contribution in [0.5, 0.6) is 0 Å². The molecule has 0 aliphatic heterocycles. The van der Waals surface area contributed by atoms with Gasteiger partial charge in [0.1, 0.15) is 0 Å². The van der Waals surface area contributed by atoms with Crippen LogP contribution in [-0.2, 0) is 0 Å². The van der Waals surface area contributed by atoms with Crippen molar-refractivity contribution in [3.05, 3.63) is 78.4 Å². The number of nitriles is 1. The molecule has 2 nitrogen and oxygen atoms in total. The van der Waals surface area contributed by atoms with E-state index in [4.69, 9.17) is 5.26 Å². The number of nitrogens with zero attached hydrogens (tertiary/aromatic N) is 2. The van der Waals surface area contributed by atoms with Crippen molar-refractivity contribution in [3.63, 3.8) is 0 Å². The second kappa shape index (κ2) is 4.50. The van der Waals surface area contributed by atoms with E-state index in [0.717, 1.165) is 5.69 Å². The van der Waals surface area contributed by atoms with E-state index in [1.165, 1.54) is 21.8 Å². The third-order valence-corrected chi connectivity index (χ3v) is 3.83. The summed E-state index contributed by atoms with van der Waals surface area (Å²) < 4.78 is 2.24. The molecule has 0 saturated heterocycles. The summed E-state index contributed by atoms with van der Waals surface area (Å²) in [5.74, 6) is 0. The van der Waals surface area contributed by atoms with Gasteiger partial charge in [-0.2, -0.15) is 5.26 Å². The highest BCUT2D eigenvalue weighted by Gasteiger charge is 2.10. The predicted molar refractivity (Wildman–Crippen MR) is 85.5 cm³/mol. The molecule has 21 heavy (non-hydrogen) atoms. The fourth-order valence-electron chi connectivity index (χ4n) is 2.89. The first-order chi connectivity index (χ1) is 10.4. The van der Waals surface area contributed by atoms with Gasteiger partial charge in [-0.1, -0.05) is 36.4 Å². The number of hydrogen-bond acceptors (Lipinski definition) is 1. The Morgan fingerprint density at radius 2 is 1.19 bits per heavy atom. The van der Waals surface area contributed by atoms with Gasteiger partial charge in [0.25, 0.3) is 0 Å². The molecule has 0 amide bonds. The Morgan fingerprint density at radius 1 is 0.667 bits per heavy atom. The molecule has 3 aromatic carbocycles. The zero-order valence-electron chi connectivity index (χ0n) is 11.3. The zero-order chi connectivity index (χ0) is 14.2. The van der Waals surface area contributed by atoms with Crippen LogP contribution in [0, 0.1) is 11.3 Å². The highest BCUT2D eigenvalue weighted by atomic mass is 15.0. The monoisotopic (exact) mass is 268 g/mol. The van der Waals surface area contributed by atoms with Crippen molar-refractivity contribution in [2.45, 2.75) is 0 Å². The van der Waals surface area contributed by atoms with Crippen molar-refractivity contribution >= 4 is 21.8 Å². The second-order valence-electron chi connectivity index (χ2n) is 5.03. The summed E-state index contributed by atoms with van der Waals surface area (Å²) >= 11 is 0. The first-order valence-corrected chi connectivity index (χ1v) is 6.87. The van der Waals surface area contributed by atoms with Gasteiger partial charge in [-0.3, -0.25) is 0 Å². The Hall–Kier alpha value is -3.05. The third-order valence-electron chi connectivity index (χ3n) is 3.83. The van der Waals surface area contributed by atoms with Crippen LogP contribution in [0.15, 0.2) is 72.8 Å². The largest absolute Gasteiger partial charge is 0.309 e. The molecule has 4 rings (SSSR count). The SMILES string of the molecule is N#Cc1ccc(-n2c3ccccc3c3ccccc32)cc1. The molecule has 0 radical (unpaired) electrons. The first kappa shape index (κ1) is 11.7. The van der Waals surface area contributed by atoms with Crippen molar-refractivity contribution in [3.8, 4) is 11.8 Å². The molecular formula is C19H12N2. The summed E-state index contributed by atoms with van der Waals surface area (Å²) in [4.78, 5) is 0. The summed E-state index contributed by atoms with van der Waals surface area (Å²) in [5, 5.41) is 11.4. The molecule has 0 unspecified atom stereocenters. The van der Waals surface area contributed by atoms with Gasteiger partial charge in [0.2, 0.25) is 0 Å². The number of aromatic nitrogens is 1. The van der Waals surface area contributed by atoms with E-state index in [9.17, 15) is 0 Å². The van der Waals surface area contributed by atoms with Gasteiger partial charge in [-0.05, 0) is 36.4 Å². The molecule has 0 fully saturated rings. The van der Waals surface area contributed by atoms with Crippen LogP contribution in [-0.4, -0.2) is 4.57 Å². The normalized spacial score (nSPS) is 10.8. The molecule has 0 saturated carbocycles. The van der Waals surface area contributed by atoms with E-state index in [2.05, 4.69) is 59.2 Å². The molecule has 4 aromatic rings. The third kappa shape index (κ3) is 1.72. The molecule has 0 aliphatic rings. The lowest BCUT2D eigenvalue weighted by atomic mass is 10.2. The number of rotatable bonds is 1. The first-order valence-electron chi connectivity index (χ1n) is 6.87. The summed E-state index contributed by atoms with van der Waals surface area (Å²) in [6.07, 6.45) is 0. The average Bonchev–Trinajstić information content (AvgIpc) is 2.90. The van der Waals surface area contributed by atoms with Crippen molar-refractivity contribution in [2.75, 3.05) is 0 Å². The summed E-state index contributed by atoms with van der Waals surface area (Å²) in [6.45, 7) is 0. The lowest BCUT2D eigenvalue weighted by Gasteiger charge is -2.07. The van der Waals surface area contributed by atoms with Crippen LogP contribution in [0.2, 0.25) is 0 Å². The van der Waals surface area contributed by atoms with Gasteiger partial charge in [-0.25, -0.2) is 0 Å². The van der Waals surface area contributed by atoms with E-state index in [1.807, 2.05) is 24.3 Å². The smallest absolute Gasteiger partial charge is 0.0991 e. The number of para-hydroxylation sites is 2. The van der Waals surface area contributed by atoms with Crippen molar-refractivity contribution < 1.29 is 0 Å². The van der Waals surface area contributed by atoms with Crippen LogP contribution in [0.3, 0.4) is 0 Å². The fourth-order valence-corrected chi connectivity index (χ4v) is 2.89. The molecule has 0 N–H and O–H groups in total. The van der Waals surface area contributed by atoms with E-state index in [0.29, 0.717) is 5.56 Å². The van der Waals surface area contributed by atoms with Crippen LogP contribution >= 0.6 is 0 Å². The Balaban J connectivity index is 2.12. The minimum atomic E-state index is 0.680. The van der Waals surface area contributed by atoms with Gasteiger partial charge >= 0.3 is 0 Å². The number of benzene rings is 3. The fraction of sp³-hybridized carbons (Fsp3) is 0. The van der Waals surface area contributed by atoms with Crippen LogP contribution in [0.25, 0.3) is 27.5 Å². The van der Waals surface area contributed by atoms with E-state index in [-0.39, 0.29) is 0 Å². The lowest BCUT2D eigenvalue weighted by molar-refractivity contribution is 1.18. The van der Waals surface area contributed by atoms with Gasteiger partial charge in [-0.15, -0.1) is 0 Å².